The smallest absolute Gasteiger partial charge is 0.275 e. The van der Waals surface area contributed by atoms with Gasteiger partial charge in [-0.1, -0.05) is 49.4 Å². The molecule has 0 unspecified atom stereocenters. The number of carbonyl (C=O) groups is 1. The maximum Gasteiger partial charge on any atom is 0.275 e. The minimum absolute atomic E-state index is 0.0769. The lowest BCUT2D eigenvalue weighted by molar-refractivity contribution is -0.127. The maximum absolute atomic E-state index is 12.3. The van der Waals surface area contributed by atoms with Gasteiger partial charge in [0, 0.05) is 0 Å². The van der Waals surface area contributed by atoms with Crippen molar-refractivity contribution in [2.75, 3.05) is 0 Å². The fourth-order valence-corrected chi connectivity index (χ4v) is 3.53. The molecule has 0 aromatic heterocycles. The van der Waals surface area contributed by atoms with E-state index in [0.29, 0.717) is 5.75 Å². The largest absolute Gasteiger partial charge is 0.481 e. The van der Waals surface area contributed by atoms with Crippen LogP contribution in [0, 0.1) is 0 Å². The van der Waals surface area contributed by atoms with Crippen LogP contribution in [-0.2, 0) is 21.2 Å². The van der Waals surface area contributed by atoms with Gasteiger partial charge in [0.15, 0.2) is 6.10 Å². The number of ether oxygens (including phenoxy) is 1. The predicted molar refractivity (Wildman–Crippen MR) is 108 cm³/mol. The Kier molecular flexibility index (Phi) is 5.96. The second-order valence-corrected chi connectivity index (χ2v) is 8.04. The zero-order valence-corrected chi connectivity index (χ0v) is 16.5. The van der Waals surface area contributed by atoms with Crippen molar-refractivity contribution in [1.29, 1.82) is 0 Å². The average Bonchev–Trinajstić information content (AvgIpc) is 2.72. The normalized spacial score (nSPS) is 12.5. The molecule has 3 aromatic rings. The number of hydrazine groups is 1. The Morgan fingerprint density at radius 3 is 2.36 bits per heavy atom. The van der Waals surface area contributed by atoms with E-state index >= 15 is 0 Å². The van der Waals surface area contributed by atoms with Gasteiger partial charge in [-0.2, -0.15) is 0 Å². The van der Waals surface area contributed by atoms with E-state index < -0.39 is 22.0 Å². The van der Waals surface area contributed by atoms with Crippen molar-refractivity contribution < 1.29 is 17.9 Å². The quantitative estimate of drug-likeness (QED) is 0.599. The molecule has 0 radical (unpaired) electrons. The minimum Gasteiger partial charge on any atom is -0.481 e. The third kappa shape index (κ3) is 4.68. The fourth-order valence-electron chi connectivity index (χ4n) is 2.68. The highest BCUT2D eigenvalue weighted by Gasteiger charge is 2.19. The van der Waals surface area contributed by atoms with Crippen LogP contribution < -0.4 is 15.0 Å². The first-order valence-corrected chi connectivity index (χ1v) is 10.4. The van der Waals surface area contributed by atoms with E-state index in [1.165, 1.54) is 12.1 Å². The van der Waals surface area contributed by atoms with Crippen LogP contribution in [0.4, 0.5) is 0 Å². The van der Waals surface area contributed by atoms with Gasteiger partial charge in [0.05, 0.1) is 4.90 Å². The third-order valence-electron chi connectivity index (χ3n) is 4.35. The van der Waals surface area contributed by atoms with Gasteiger partial charge in [0.2, 0.25) is 0 Å². The first-order valence-electron chi connectivity index (χ1n) is 8.95. The van der Waals surface area contributed by atoms with E-state index in [1.807, 2.05) is 43.3 Å². The molecule has 0 heterocycles. The number of hydrogen-bond donors (Lipinski definition) is 2. The van der Waals surface area contributed by atoms with Gasteiger partial charge in [-0.25, -0.2) is 8.42 Å². The molecular weight excluding hydrogens is 376 g/mol. The molecule has 0 aliphatic heterocycles. The molecule has 0 aliphatic rings. The second kappa shape index (κ2) is 8.41. The highest BCUT2D eigenvalue weighted by molar-refractivity contribution is 7.89. The molecular formula is C21H22N2O4S. The number of fused-ring (bicyclic) bond motifs is 1. The van der Waals surface area contributed by atoms with Crippen molar-refractivity contribution in [3.05, 3.63) is 72.3 Å². The van der Waals surface area contributed by atoms with Gasteiger partial charge in [-0.3, -0.25) is 10.2 Å². The number of carbonyl (C=O) groups excluding carboxylic acids is 1. The van der Waals surface area contributed by atoms with Gasteiger partial charge in [0.1, 0.15) is 5.75 Å². The van der Waals surface area contributed by atoms with Crippen molar-refractivity contribution in [3.63, 3.8) is 0 Å². The third-order valence-corrected chi connectivity index (χ3v) is 5.62. The number of benzene rings is 3. The molecule has 6 nitrogen and oxygen atoms in total. The molecule has 0 bridgehead atoms. The van der Waals surface area contributed by atoms with Crippen LogP contribution in [0.5, 0.6) is 5.75 Å². The number of hydrogen-bond acceptors (Lipinski definition) is 4. The minimum atomic E-state index is -3.85. The van der Waals surface area contributed by atoms with Crippen LogP contribution in [0.25, 0.3) is 10.8 Å². The summed E-state index contributed by atoms with van der Waals surface area (Å²) >= 11 is 0. The lowest BCUT2D eigenvalue weighted by atomic mass is 10.1. The molecule has 146 valence electrons. The number of sulfonamides is 1. The molecule has 7 heteroatoms. The van der Waals surface area contributed by atoms with Gasteiger partial charge in [-0.05, 0) is 53.9 Å². The van der Waals surface area contributed by atoms with Crippen molar-refractivity contribution >= 4 is 26.7 Å². The number of rotatable bonds is 7. The van der Waals surface area contributed by atoms with Crippen LogP contribution in [-0.4, -0.2) is 20.4 Å². The van der Waals surface area contributed by atoms with Crippen LogP contribution >= 0.6 is 0 Å². The molecule has 0 saturated carbocycles. The average molecular weight is 398 g/mol. The Morgan fingerprint density at radius 1 is 1.00 bits per heavy atom. The van der Waals surface area contributed by atoms with E-state index in [9.17, 15) is 13.2 Å². The predicted octanol–water partition coefficient (Wildman–Crippen LogP) is 3.18. The van der Waals surface area contributed by atoms with Gasteiger partial charge in [0.25, 0.3) is 15.9 Å². The summed E-state index contributed by atoms with van der Waals surface area (Å²) in [7, 11) is -3.85. The zero-order valence-electron chi connectivity index (χ0n) is 15.7. The lowest BCUT2D eigenvalue weighted by Crippen LogP contribution is -2.47. The second-order valence-electron chi connectivity index (χ2n) is 6.36. The highest BCUT2D eigenvalue weighted by atomic mass is 32.2. The van der Waals surface area contributed by atoms with Crippen LogP contribution in [0.3, 0.4) is 0 Å². The topological polar surface area (TPSA) is 84.5 Å². The summed E-state index contributed by atoms with van der Waals surface area (Å²) in [5.74, 6) is -0.0683. The van der Waals surface area contributed by atoms with E-state index in [2.05, 4.69) is 10.3 Å². The summed E-state index contributed by atoms with van der Waals surface area (Å²) in [6.45, 7) is 3.54. The standard InChI is InChI=1S/C21H22N2O4S/c1-3-16-8-12-20(13-9-16)28(25,26)23-22-21(24)15(2)27-19-11-10-17-6-4-5-7-18(17)14-19/h4-15,23H,3H2,1-2H3,(H,22,24)/t15-/m1/s1. The van der Waals surface area contributed by atoms with Crippen LogP contribution in [0.15, 0.2) is 71.6 Å². The first kappa shape index (κ1) is 19.9. The Balaban J connectivity index is 1.61. The number of aryl methyl sites for hydroxylation is 1. The molecule has 0 fully saturated rings. The molecule has 0 spiro atoms. The summed E-state index contributed by atoms with van der Waals surface area (Å²) in [5.41, 5.74) is 3.23. The molecule has 2 N–H and O–H groups in total. The fraction of sp³-hybridized carbons (Fsp3) is 0.190. The molecule has 28 heavy (non-hydrogen) atoms. The molecule has 1 atom stereocenters. The summed E-state index contributed by atoms with van der Waals surface area (Å²) in [4.78, 5) is 14.4. The number of amides is 1. The van der Waals surface area contributed by atoms with Gasteiger partial charge in [-0.15, -0.1) is 4.83 Å². The number of nitrogens with one attached hydrogen (secondary N) is 2. The Hall–Kier alpha value is -2.90. The van der Waals surface area contributed by atoms with Crippen molar-refractivity contribution in [1.82, 2.24) is 10.3 Å². The van der Waals surface area contributed by atoms with Gasteiger partial charge < -0.3 is 4.74 Å². The first-order chi connectivity index (χ1) is 13.4. The molecule has 1 amide bonds. The summed E-state index contributed by atoms with van der Waals surface area (Å²) in [6, 6.07) is 19.8. The molecule has 0 aliphatic carbocycles. The van der Waals surface area contributed by atoms with E-state index in [4.69, 9.17) is 4.74 Å². The summed E-state index contributed by atoms with van der Waals surface area (Å²) in [5, 5.41) is 2.05. The Bertz CT molecular complexity index is 1080. The van der Waals surface area contributed by atoms with E-state index in [1.54, 1.807) is 25.1 Å². The monoisotopic (exact) mass is 398 g/mol. The lowest BCUT2D eigenvalue weighted by Gasteiger charge is -2.16. The van der Waals surface area contributed by atoms with Crippen LogP contribution in [0.1, 0.15) is 19.4 Å². The van der Waals surface area contributed by atoms with Crippen molar-refractivity contribution in [2.45, 2.75) is 31.3 Å². The molecule has 0 saturated heterocycles. The Labute approximate surface area is 164 Å². The van der Waals surface area contributed by atoms with Crippen molar-refractivity contribution in [3.8, 4) is 5.75 Å². The molecule has 3 rings (SSSR count). The maximum atomic E-state index is 12.3. The Morgan fingerprint density at radius 2 is 1.68 bits per heavy atom. The molecule has 3 aromatic carbocycles. The van der Waals surface area contributed by atoms with Crippen molar-refractivity contribution in [2.24, 2.45) is 0 Å². The van der Waals surface area contributed by atoms with E-state index in [0.717, 1.165) is 22.8 Å². The zero-order chi connectivity index (χ0) is 20.1. The summed E-state index contributed by atoms with van der Waals surface area (Å²) < 4.78 is 30.2. The van der Waals surface area contributed by atoms with Gasteiger partial charge >= 0.3 is 0 Å². The summed E-state index contributed by atoms with van der Waals surface area (Å²) in [6.07, 6.45) is -0.0694. The van der Waals surface area contributed by atoms with E-state index in [-0.39, 0.29) is 4.90 Å². The highest BCUT2D eigenvalue weighted by Crippen LogP contribution is 2.21. The van der Waals surface area contributed by atoms with Crippen LogP contribution in [0.2, 0.25) is 0 Å². The SMILES string of the molecule is CCc1ccc(S(=O)(=O)NNC(=O)[C@@H](C)Oc2ccc3ccccc3c2)cc1.